The quantitative estimate of drug-likeness (QED) is 0.726. The molecule has 1 heterocycles. The van der Waals surface area contributed by atoms with Crippen LogP contribution in [0, 0.1) is 11.8 Å². The molecular formula is C12H20N2O2. The van der Waals surface area contributed by atoms with Gasteiger partial charge in [0.1, 0.15) is 6.54 Å². The normalized spacial score (nSPS) is 31.1. The van der Waals surface area contributed by atoms with Gasteiger partial charge in [-0.2, -0.15) is 0 Å². The van der Waals surface area contributed by atoms with Gasteiger partial charge in [0, 0.05) is 6.04 Å². The molecule has 2 unspecified atom stereocenters. The van der Waals surface area contributed by atoms with E-state index in [2.05, 4.69) is 19.2 Å². The van der Waals surface area contributed by atoms with Gasteiger partial charge in [-0.05, 0) is 24.7 Å². The van der Waals surface area contributed by atoms with Crippen molar-refractivity contribution in [3.05, 3.63) is 0 Å². The van der Waals surface area contributed by atoms with Gasteiger partial charge in [0.15, 0.2) is 0 Å². The van der Waals surface area contributed by atoms with Gasteiger partial charge in [-0.25, -0.2) is 4.79 Å². The van der Waals surface area contributed by atoms with Crippen LogP contribution >= 0.6 is 0 Å². The van der Waals surface area contributed by atoms with Crippen LogP contribution in [-0.4, -0.2) is 29.4 Å². The zero-order valence-electron chi connectivity index (χ0n) is 10.0. The zero-order chi connectivity index (χ0) is 11.7. The fraction of sp³-hybridized carbons (Fsp3) is 0.833. The molecule has 90 valence electrons. The molecule has 1 aliphatic heterocycles. The Morgan fingerprint density at radius 1 is 1.25 bits per heavy atom. The van der Waals surface area contributed by atoms with Gasteiger partial charge < -0.3 is 4.90 Å². The minimum Gasteiger partial charge on any atom is -0.312 e. The molecule has 1 saturated carbocycles. The first-order valence-corrected chi connectivity index (χ1v) is 6.20. The van der Waals surface area contributed by atoms with Crippen LogP contribution in [0.4, 0.5) is 4.79 Å². The summed E-state index contributed by atoms with van der Waals surface area (Å²) >= 11 is 0. The van der Waals surface area contributed by atoms with Crippen LogP contribution in [0.2, 0.25) is 0 Å². The van der Waals surface area contributed by atoms with E-state index in [-0.39, 0.29) is 24.5 Å². The van der Waals surface area contributed by atoms with Crippen LogP contribution in [0.25, 0.3) is 0 Å². The maximum absolute atomic E-state index is 11.6. The van der Waals surface area contributed by atoms with Crippen LogP contribution in [0.15, 0.2) is 0 Å². The Hall–Kier alpha value is -1.06. The third kappa shape index (κ3) is 2.06. The molecule has 1 saturated heterocycles. The van der Waals surface area contributed by atoms with Crippen molar-refractivity contribution in [3.8, 4) is 0 Å². The van der Waals surface area contributed by atoms with Crippen molar-refractivity contribution in [2.75, 3.05) is 6.54 Å². The van der Waals surface area contributed by atoms with Gasteiger partial charge in [-0.1, -0.05) is 26.7 Å². The number of nitrogens with zero attached hydrogens (tertiary/aromatic N) is 1. The standard InChI is InChI=1S/C12H20N2O2/c1-8(2)9-5-3-4-6-10(9)14-7-11(15)13-12(14)16/h8-10H,3-7H2,1-2H3,(H,13,15,16). The first kappa shape index (κ1) is 11.4. The molecule has 2 aliphatic rings. The van der Waals surface area contributed by atoms with Gasteiger partial charge >= 0.3 is 6.03 Å². The Kier molecular flexibility index (Phi) is 3.17. The van der Waals surface area contributed by atoms with Crippen molar-refractivity contribution in [2.24, 2.45) is 11.8 Å². The molecule has 0 bridgehead atoms. The lowest BCUT2D eigenvalue weighted by atomic mass is 9.77. The average molecular weight is 224 g/mol. The molecule has 2 rings (SSSR count). The maximum atomic E-state index is 11.6. The van der Waals surface area contributed by atoms with Crippen LogP contribution in [0.5, 0.6) is 0 Å². The Morgan fingerprint density at radius 3 is 2.50 bits per heavy atom. The molecule has 16 heavy (non-hydrogen) atoms. The maximum Gasteiger partial charge on any atom is 0.324 e. The smallest absolute Gasteiger partial charge is 0.312 e. The van der Waals surface area contributed by atoms with E-state index in [1.165, 1.54) is 19.3 Å². The largest absolute Gasteiger partial charge is 0.324 e. The molecule has 0 spiro atoms. The van der Waals surface area contributed by atoms with E-state index in [9.17, 15) is 9.59 Å². The first-order valence-electron chi connectivity index (χ1n) is 6.20. The van der Waals surface area contributed by atoms with Crippen LogP contribution in [-0.2, 0) is 4.79 Å². The fourth-order valence-corrected chi connectivity index (χ4v) is 3.03. The highest BCUT2D eigenvalue weighted by molar-refractivity contribution is 6.02. The van der Waals surface area contributed by atoms with Gasteiger partial charge in [-0.15, -0.1) is 0 Å². The molecule has 1 N–H and O–H groups in total. The summed E-state index contributed by atoms with van der Waals surface area (Å²) in [5.41, 5.74) is 0. The zero-order valence-corrected chi connectivity index (χ0v) is 10.0. The molecule has 0 radical (unpaired) electrons. The molecule has 4 nitrogen and oxygen atoms in total. The average Bonchev–Trinajstić information content (AvgIpc) is 2.57. The number of imide groups is 1. The summed E-state index contributed by atoms with van der Waals surface area (Å²) in [5, 5.41) is 2.37. The van der Waals surface area contributed by atoms with Gasteiger partial charge in [0.25, 0.3) is 0 Å². The van der Waals surface area contributed by atoms with Crippen molar-refractivity contribution < 1.29 is 9.59 Å². The number of nitrogens with one attached hydrogen (secondary N) is 1. The number of carbonyl (C=O) groups is 2. The van der Waals surface area contributed by atoms with Crippen molar-refractivity contribution in [1.82, 2.24) is 10.2 Å². The van der Waals surface area contributed by atoms with Crippen molar-refractivity contribution in [1.29, 1.82) is 0 Å². The molecule has 1 aliphatic carbocycles. The number of rotatable bonds is 2. The molecule has 4 heteroatoms. The highest BCUT2D eigenvalue weighted by Gasteiger charge is 2.38. The van der Waals surface area contributed by atoms with Crippen LogP contribution < -0.4 is 5.32 Å². The predicted molar refractivity (Wildman–Crippen MR) is 60.8 cm³/mol. The second-order valence-corrected chi connectivity index (χ2v) is 5.24. The number of urea groups is 1. The summed E-state index contributed by atoms with van der Waals surface area (Å²) in [5.74, 6) is 0.970. The topological polar surface area (TPSA) is 49.4 Å². The summed E-state index contributed by atoms with van der Waals surface area (Å²) in [6.07, 6.45) is 4.65. The summed E-state index contributed by atoms with van der Waals surface area (Å²) in [6, 6.07) is 0.0720. The van der Waals surface area contributed by atoms with Crippen molar-refractivity contribution in [2.45, 2.75) is 45.6 Å². The van der Waals surface area contributed by atoms with Crippen LogP contribution in [0.1, 0.15) is 39.5 Å². The predicted octanol–water partition coefficient (Wildman–Crippen LogP) is 1.75. The molecule has 3 amide bonds. The lowest BCUT2D eigenvalue weighted by Crippen LogP contribution is -2.45. The number of amides is 3. The lowest BCUT2D eigenvalue weighted by Gasteiger charge is -2.39. The summed E-state index contributed by atoms with van der Waals surface area (Å²) < 4.78 is 0. The van der Waals surface area contributed by atoms with Crippen LogP contribution in [0.3, 0.4) is 0 Å². The third-order valence-corrected chi connectivity index (χ3v) is 3.86. The van der Waals surface area contributed by atoms with Gasteiger partial charge in [0.2, 0.25) is 5.91 Å². The number of carbonyl (C=O) groups excluding carboxylic acids is 2. The Morgan fingerprint density at radius 2 is 1.94 bits per heavy atom. The number of hydrogen-bond donors (Lipinski definition) is 1. The molecule has 2 atom stereocenters. The van der Waals surface area contributed by atoms with E-state index in [0.717, 1.165) is 6.42 Å². The molecule has 0 aromatic heterocycles. The minimum absolute atomic E-state index is 0.155. The number of hydrogen-bond acceptors (Lipinski definition) is 2. The summed E-state index contributed by atoms with van der Waals surface area (Å²) in [6.45, 7) is 4.67. The fourth-order valence-electron chi connectivity index (χ4n) is 3.03. The third-order valence-electron chi connectivity index (χ3n) is 3.86. The summed E-state index contributed by atoms with van der Waals surface area (Å²) in [4.78, 5) is 24.6. The molecular weight excluding hydrogens is 204 g/mol. The Bertz CT molecular complexity index is 301. The Labute approximate surface area is 96.4 Å². The van der Waals surface area contributed by atoms with E-state index in [1.807, 2.05) is 0 Å². The van der Waals surface area contributed by atoms with Crippen molar-refractivity contribution >= 4 is 11.9 Å². The van der Waals surface area contributed by atoms with E-state index in [0.29, 0.717) is 11.8 Å². The SMILES string of the molecule is CC(C)C1CCCCC1N1CC(=O)NC1=O. The molecule has 0 aromatic rings. The Balaban J connectivity index is 2.11. The van der Waals surface area contributed by atoms with E-state index in [4.69, 9.17) is 0 Å². The van der Waals surface area contributed by atoms with E-state index >= 15 is 0 Å². The second kappa shape index (κ2) is 4.44. The highest BCUT2D eigenvalue weighted by atomic mass is 16.2. The minimum atomic E-state index is -0.192. The lowest BCUT2D eigenvalue weighted by molar-refractivity contribution is -0.118. The molecule has 0 aromatic carbocycles. The first-order chi connectivity index (χ1) is 7.59. The van der Waals surface area contributed by atoms with E-state index in [1.54, 1.807) is 4.90 Å². The van der Waals surface area contributed by atoms with E-state index < -0.39 is 0 Å². The molecule has 2 fully saturated rings. The highest BCUT2D eigenvalue weighted by Crippen LogP contribution is 2.34. The van der Waals surface area contributed by atoms with Gasteiger partial charge in [0.05, 0.1) is 0 Å². The second-order valence-electron chi connectivity index (χ2n) is 5.24. The monoisotopic (exact) mass is 224 g/mol. The van der Waals surface area contributed by atoms with Gasteiger partial charge in [-0.3, -0.25) is 10.1 Å². The van der Waals surface area contributed by atoms with Crippen molar-refractivity contribution in [3.63, 3.8) is 0 Å². The summed E-state index contributed by atoms with van der Waals surface area (Å²) in [7, 11) is 0.